The fraction of sp³-hybridized carbons (Fsp3) is 0.333. The van der Waals surface area contributed by atoms with E-state index in [-0.39, 0.29) is 17.6 Å². The molecule has 0 saturated carbocycles. The van der Waals surface area contributed by atoms with Gasteiger partial charge in [0.1, 0.15) is 14.7 Å². The second-order valence-electron chi connectivity index (χ2n) is 6.26. The van der Waals surface area contributed by atoms with Crippen LogP contribution in [0.15, 0.2) is 29.3 Å². The SMILES string of the molecule is CC(=O)Nc1nc(CCc2ccc(N=C(N)N)cc2)c(C(N)=O)s1.CCS(C)(=O)=O. The van der Waals surface area contributed by atoms with Crippen LogP contribution in [0.5, 0.6) is 0 Å². The number of primary amides is 1. The maximum atomic E-state index is 11.5. The average Bonchev–Trinajstić information content (AvgIpc) is 3.03. The van der Waals surface area contributed by atoms with Crippen LogP contribution in [0.1, 0.15) is 34.8 Å². The van der Waals surface area contributed by atoms with Crippen molar-refractivity contribution in [3.05, 3.63) is 40.4 Å². The summed E-state index contributed by atoms with van der Waals surface area (Å²) >= 11 is 1.08. The minimum atomic E-state index is -2.66. The molecule has 0 aliphatic heterocycles. The maximum Gasteiger partial charge on any atom is 0.260 e. The number of carbonyl (C=O) groups is 2. The van der Waals surface area contributed by atoms with E-state index in [1.165, 1.54) is 13.2 Å². The number of aliphatic imine (C=N–C) groups is 1. The Bertz CT molecular complexity index is 1010. The Balaban J connectivity index is 0.000000656. The number of rotatable bonds is 7. The molecule has 12 heteroatoms. The number of hydrogen-bond donors (Lipinski definition) is 4. The van der Waals surface area contributed by atoms with Crippen molar-refractivity contribution in [2.45, 2.75) is 26.7 Å². The zero-order valence-electron chi connectivity index (χ0n) is 17.0. The minimum absolute atomic E-state index is 0.00169. The zero-order chi connectivity index (χ0) is 22.9. The molecule has 0 spiro atoms. The molecule has 0 fully saturated rings. The van der Waals surface area contributed by atoms with E-state index in [1.807, 2.05) is 12.1 Å². The first-order valence-corrected chi connectivity index (χ1v) is 11.7. The number of thiazole rings is 1. The highest BCUT2D eigenvalue weighted by Crippen LogP contribution is 2.24. The van der Waals surface area contributed by atoms with Gasteiger partial charge in [-0.1, -0.05) is 30.4 Å². The number of carbonyl (C=O) groups excluding carboxylic acids is 2. The predicted octanol–water partition coefficient (Wildman–Crippen LogP) is 0.941. The normalized spacial score (nSPS) is 10.5. The van der Waals surface area contributed by atoms with Gasteiger partial charge in [0.2, 0.25) is 5.91 Å². The number of anilines is 1. The van der Waals surface area contributed by atoms with Crippen LogP contribution >= 0.6 is 11.3 Å². The van der Waals surface area contributed by atoms with Crippen LogP contribution in [0.2, 0.25) is 0 Å². The summed E-state index contributed by atoms with van der Waals surface area (Å²) in [6.45, 7) is 3.00. The molecule has 30 heavy (non-hydrogen) atoms. The summed E-state index contributed by atoms with van der Waals surface area (Å²) in [4.78, 5) is 31.2. The fourth-order valence-electron chi connectivity index (χ4n) is 2.07. The van der Waals surface area contributed by atoms with Crippen LogP contribution in [-0.2, 0) is 27.5 Å². The van der Waals surface area contributed by atoms with Crippen molar-refractivity contribution in [3.63, 3.8) is 0 Å². The summed E-state index contributed by atoms with van der Waals surface area (Å²) in [5.74, 6) is -0.557. The summed E-state index contributed by atoms with van der Waals surface area (Å²) in [6.07, 6.45) is 2.40. The van der Waals surface area contributed by atoms with Gasteiger partial charge < -0.3 is 22.5 Å². The van der Waals surface area contributed by atoms with Crippen molar-refractivity contribution in [3.8, 4) is 0 Å². The van der Waals surface area contributed by atoms with Gasteiger partial charge >= 0.3 is 0 Å². The molecule has 2 aromatic rings. The van der Waals surface area contributed by atoms with Gasteiger partial charge in [0.15, 0.2) is 11.1 Å². The van der Waals surface area contributed by atoms with Crippen molar-refractivity contribution in [1.29, 1.82) is 0 Å². The first kappa shape index (κ1) is 25.0. The largest absolute Gasteiger partial charge is 0.370 e. The van der Waals surface area contributed by atoms with E-state index in [4.69, 9.17) is 17.2 Å². The van der Waals surface area contributed by atoms with Gasteiger partial charge in [-0.3, -0.25) is 9.59 Å². The Morgan fingerprint density at radius 3 is 2.13 bits per heavy atom. The van der Waals surface area contributed by atoms with Crippen LogP contribution in [0.3, 0.4) is 0 Å². The molecule has 10 nitrogen and oxygen atoms in total. The number of nitrogens with two attached hydrogens (primary N) is 3. The lowest BCUT2D eigenvalue weighted by atomic mass is 10.1. The lowest BCUT2D eigenvalue weighted by Crippen LogP contribution is -2.21. The standard InChI is InChI=1S/C15H18N6O2S.C3H8O2S/c1-8(22)19-15-21-11(12(24-15)13(16)23)7-4-9-2-5-10(6-3-9)20-14(17)18;1-3-6(2,4)5/h2-3,5-6H,4,7H2,1H3,(H2,16,23)(H4,17,18,20)(H,19,21,22);3H2,1-2H3. The Morgan fingerprint density at radius 2 is 1.70 bits per heavy atom. The van der Waals surface area contributed by atoms with Gasteiger partial charge in [-0.25, -0.2) is 18.4 Å². The predicted molar refractivity (Wildman–Crippen MR) is 120 cm³/mol. The molecule has 1 aromatic carbocycles. The number of aromatic nitrogens is 1. The maximum absolute atomic E-state index is 11.5. The number of nitrogens with zero attached hydrogens (tertiary/aromatic N) is 2. The third-order valence-corrected chi connectivity index (χ3v) is 5.65. The molecule has 0 aliphatic carbocycles. The first-order valence-electron chi connectivity index (χ1n) is 8.84. The minimum Gasteiger partial charge on any atom is -0.370 e. The molecule has 1 heterocycles. The molecular formula is C18H26N6O4S2. The summed E-state index contributed by atoms with van der Waals surface area (Å²) in [6, 6.07) is 7.39. The van der Waals surface area contributed by atoms with Crippen LogP contribution in [0.25, 0.3) is 0 Å². The molecule has 2 rings (SSSR count). The topological polar surface area (TPSA) is 184 Å². The van der Waals surface area contributed by atoms with Crippen LogP contribution < -0.4 is 22.5 Å². The second kappa shape index (κ2) is 11.3. The third-order valence-electron chi connectivity index (χ3n) is 3.57. The summed E-state index contributed by atoms with van der Waals surface area (Å²) < 4.78 is 20.0. The van der Waals surface area contributed by atoms with Crippen molar-refractivity contribution in [1.82, 2.24) is 4.98 Å². The van der Waals surface area contributed by atoms with Gasteiger partial charge in [0.05, 0.1) is 11.4 Å². The lowest BCUT2D eigenvalue weighted by Gasteiger charge is -2.02. The van der Waals surface area contributed by atoms with Gasteiger partial charge in [0.25, 0.3) is 5.91 Å². The number of benzene rings is 1. The van der Waals surface area contributed by atoms with Crippen LogP contribution in [0, 0.1) is 0 Å². The Morgan fingerprint density at radius 1 is 1.13 bits per heavy atom. The molecule has 0 saturated heterocycles. The molecule has 1 aromatic heterocycles. The van der Waals surface area contributed by atoms with Gasteiger partial charge in [0, 0.05) is 18.9 Å². The number of aryl methyl sites for hydroxylation is 2. The lowest BCUT2D eigenvalue weighted by molar-refractivity contribution is -0.114. The summed E-state index contributed by atoms with van der Waals surface area (Å²) in [5.41, 5.74) is 18.3. The van der Waals surface area contributed by atoms with E-state index in [2.05, 4.69) is 15.3 Å². The highest BCUT2D eigenvalue weighted by atomic mass is 32.2. The van der Waals surface area contributed by atoms with Crippen LogP contribution in [0.4, 0.5) is 10.8 Å². The number of hydrogen-bond acceptors (Lipinski definition) is 7. The van der Waals surface area contributed by atoms with Crippen molar-refractivity contribution >= 4 is 49.8 Å². The number of amides is 2. The van der Waals surface area contributed by atoms with Crippen molar-refractivity contribution in [2.24, 2.45) is 22.2 Å². The molecule has 7 N–H and O–H groups in total. The zero-order valence-corrected chi connectivity index (χ0v) is 18.6. The van der Waals surface area contributed by atoms with E-state index >= 15 is 0 Å². The quantitative estimate of drug-likeness (QED) is 0.354. The smallest absolute Gasteiger partial charge is 0.260 e. The molecule has 164 valence electrons. The number of guanidine groups is 1. The molecule has 2 amide bonds. The van der Waals surface area contributed by atoms with E-state index < -0.39 is 15.7 Å². The molecule has 0 aliphatic rings. The number of sulfone groups is 1. The molecule has 0 atom stereocenters. The van der Waals surface area contributed by atoms with E-state index in [1.54, 1.807) is 19.1 Å². The third kappa shape index (κ3) is 9.47. The Hall–Kier alpha value is -2.99. The average molecular weight is 455 g/mol. The van der Waals surface area contributed by atoms with E-state index in [0.29, 0.717) is 34.2 Å². The monoisotopic (exact) mass is 454 g/mol. The highest BCUT2D eigenvalue weighted by molar-refractivity contribution is 7.90. The highest BCUT2D eigenvalue weighted by Gasteiger charge is 2.16. The van der Waals surface area contributed by atoms with Gasteiger partial charge in [-0.15, -0.1) is 0 Å². The Labute approximate surface area is 179 Å². The molecule has 0 radical (unpaired) electrons. The second-order valence-corrected chi connectivity index (χ2v) is 9.69. The summed E-state index contributed by atoms with van der Waals surface area (Å²) in [5, 5.41) is 2.94. The molecule has 0 bridgehead atoms. The van der Waals surface area contributed by atoms with Gasteiger partial charge in [-0.05, 0) is 30.5 Å². The Kier molecular flexibility index (Phi) is 9.40. The summed E-state index contributed by atoms with van der Waals surface area (Å²) in [7, 11) is -2.66. The van der Waals surface area contributed by atoms with Crippen LogP contribution in [-0.4, -0.2) is 43.2 Å². The van der Waals surface area contributed by atoms with Gasteiger partial charge in [-0.2, -0.15) is 0 Å². The fourth-order valence-corrected chi connectivity index (χ4v) is 2.98. The first-order chi connectivity index (χ1) is 13.9. The van der Waals surface area contributed by atoms with Crippen molar-refractivity contribution in [2.75, 3.05) is 17.3 Å². The number of nitrogens with one attached hydrogen (secondary N) is 1. The molecular weight excluding hydrogens is 428 g/mol. The molecule has 0 unspecified atom stereocenters. The van der Waals surface area contributed by atoms with E-state index in [9.17, 15) is 18.0 Å². The van der Waals surface area contributed by atoms with Crippen molar-refractivity contribution < 1.29 is 18.0 Å². The van der Waals surface area contributed by atoms with E-state index in [0.717, 1.165) is 16.9 Å².